The predicted octanol–water partition coefficient (Wildman–Crippen LogP) is 2.57. The van der Waals surface area contributed by atoms with Crippen molar-refractivity contribution in [2.24, 2.45) is 0 Å². The Bertz CT molecular complexity index is 704. The highest BCUT2D eigenvalue weighted by atomic mass is 19.1. The average Bonchev–Trinajstić information content (AvgIpc) is 2.42. The van der Waals surface area contributed by atoms with Crippen molar-refractivity contribution in [3.05, 3.63) is 53.9 Å². The van der Waals surface area contributed by atoms with Gasteiger partial charge in [-0.1, -0.05) is 0 Å². The van der Waals surface area contributed by atoms with Crippen LogP contribution in [-0.4, -0.2) is 16.8 Å². The summed E-state index contributed by atoms with van der Waals surface area (Å²) in [5.41, 5.74) is -0.105. The van der Waals surface area contributed by atoms with E-state index in [0.29, 0.717) is 5.69 Å². The first-order valence-electron chi connectivity index (χ1n) is 5.95. The van der Waals surface area contributed by atoms with Crippen molar-refractivity contribution in [1.82, 2.24) is 4.98 Å². The Balaban J connectivity index is 2.24. The smallest absolute Gasteiger partial charge is 0.258 e. The highest BCUT2D eigenvalue weighted by Gasteiger charge is 2.14. The molecule has 0 unspecified atom stereocenters. The van der Waals surface area contributed by atoms with Crippen LogP contribution in [-0.2, 0) is 4.79 Å². The Hall–Kier alpha value is -2.83. The third-order valence-corrected chi connectivity index (χ3v) is 2.55. The molecule has 108 valence electrons. The molecule has 0 atom stereocenters. The van der Waals surface area contributed by atoms with Gasteiger partial charge in [-0.25, -0.2) is 8.78 Å². The van der Waals surface area contributed by atoms with E-state index in [4.69, 9.17) is 0 Å². The lowest BCUT2D eigenvalue weighted by Crippen LogP contribution is -2.15. The maximum absolute atomic E-state index is 13.7. The summed E-state index contributed by atoms with van der Waals surface area (Å²) in [5, 5.41) is 4.70. The fraction of sp³-hybridized carbons (Fsp3) is 0.0714. The maximum Gasteiger partial charge on any atom is 0.258 e. The van der Waals surface area contributed by atoms with Gasteiger partial charge in [-0.2, -0.15) is 0 Å². The van der Waals surface area contributed by atoms with Gasteiger partial charge in [-0.3, -0.25) is 14.6 Å². The fourth-order valence-corrected chi connectivity index (χ4v) is 1.65. The number of rotatable bonds is 3. The number of aromatic nitrogens is 1. The van der Waals surface area contributed by atoms with Crippen LogP contribution < -0.4 is 10.6 Å². The number of hydrogen-bond acceptors (Lipinski definition) is 3. The summed E-state index contributed by atoms with van der Waals surface area (Å²) in [4.78, 5) is 26.4. The summed E-state index contributed by atoms with van der Waals surface area (Å²) in [6, 6.07) is 4.86. The summed E-state index contributed by atoms with van der Waals surface area (Å²) in [5.74, 6) is -2.66. The normalized spacial score (nSPS) is 10.0. The zero-order chi connectivity index (χ0) is 15.4. The van der Waals surface area contributed by atoms with Crippen LogP contribution in [0.4, 0.5) is 20.2 Å². The van der Waals surface area contributed by atoms with Gasteiger partial charge in [0.15, 0.2) is 5.82 Å². The van der Waals surface area contributed by atoms with E-state index >= 15 is 0 Å². The van der Waals surface area contributed by atoms with Gasteiger partial charge in [-0.15, -0.1) is 0 Å². The van der Waals surface area contributed by atoms with Crippen molar-refractivity contribution in [2.45, 2.75) is 6.92 Å². The quantitative estimate of drug-likeness (QED) is 0.913. The summed E-state index contributed by atoms with van der Waals surface area (Å²) in [7, 11) is 0. The van der Waals surface area contributed by atoms with Crippen LogP contribution in [0.5, 0.6) is 0 Å². The number of carbonyl (C=O) groups is 2. The molecule has 2 aromatic rings. The third kappa shape index (κ3) is 3.59. The van der Waals surface area contributed by atoms with E-state index in [2.05, 4.69) is 15.6 Å². The number of halogens is 2. The number of amides is 2. The molecule has 0 spiro atoms. The van der Waals surface area contributed by atoms with E-state index in [1.807, 2.05) is 0 Å². The topological polar surface area (TPSA) is 71.1 Å². The number of carbonyl (C=O) groups excluding carboxylic acids is 2. The molecule has 0 aliphatic heterocycles. The van der Waals surface area contributed by atoms with Gasteiger partial charge in [0.2, 0.25) is 5.91 Å². The molecule has 0 aliphatic carbocycles. The minimum atomic E-state index is -0.812. The molecule has 2 amide bonds. The first kappa shape index (κ1) is 14.6. The molecule has 0 radical (unpaired) electrons. The lowest BCUT2D eigenvalue weighted by atomic mass is 10.2. The summed E-state index contributed by atoms with van der Waals surface area (Å²) >= 11 is 0. The summed E-state index contributed by atoms with van der Waals surface area (Å²) in [6.45, 7) is 1.30. The van der Waals surface area contributed by atoms with Gasteiger partial charge in [-0.05, 0) is 24.3 Å². The Morgan fingerprint density at radius 2 is 1.86 bits per heavy atom. The van der Waals surface area contributed by atoms with Gasteiger partial charge in [0.25, 0.3) is 5.91 Å². The molecule has 21 heavy (non-hydrogen) atoms. The molecule has 2 N–H and O–H groups in total. The number of hydrogen-bond donors (Lipinski definition) is 2. The first-order chi connectivity index (χ1) is 9.97. The van der Waals surface area contributed by atoms with E-state index in [-0.39, 0.29) is 17.2 Å². The third-order valence-electron chi connectivity index (χ3n) is 2.55. The van der Waals surface area contributed by atoms with E-state index in [1.54, 1.807) is 0 Å². The van der Waals surface area contributed by atoms with Gasteiger partial charge >= 0.3 is 0 Å². The Labute approximate surface area is 119 Å². The number of anilines is 2. The second-order valence-electron chi connectivity index (χ2n) is 4.19. The van der Waals surface area contributed by atoms with Crippen LogP contribution in [0.15, 0.2) is 36.7 Å². The van der Waals surface area contributed by atoms with Gasteiger partial charge in [0.05, 0.1) is 17.4 Å². The van der Waals surface area contributed by atoms with Crippen LogP contribution in [0.2, 0.25) is 0 Å². The molecule has 0 saturated carbocycles. The van der Waals surface area contributed by atoms with E-state index in [9.17, 15) is 18.4 Å². The van der Waals surface area contributed by atoms with Crippen LogP contribution in [0.3, 0.4) is 0 Å². The highest BCUT2D eigenvalue weighted by molar-refractivity contribution is 6.04. The van der Waals surface area contributed by atoms with Crippen molar-refractivity contribution >= 4 is 23.2 Å². The molecule has 1 aromatic heterocycles. The molecule has 5 nitrogen and oxygen atoms in total. The number of benzene rings is 1. The van der Waals surface area contributed by atoms with Crippen LogP contribution >= 0.6 is 0 Å². The monoisotopic (exact) mass is 291 g/mol. The molecule has 0 aliphatic rings. The lowest BCUT2D eigenvalue weighted by Gasteiger charge is -2.09. The zero-order valence-corrected chi connectivity index (χ0v) is 11.0. The van der Waals surface area contributed by atoms with E-state index in [0.717, 1.165) is 12.3 Å². The summed E-state index contributed by atoms with van der Waals surface area (Å²) in [6.07, 6.45) is 2.14. The molecular formula is C14H11F2N3O2. The van der Waals surface area contributed by atoms with Gasteiger partial charge in [0, 0.05) is 18.8 Å². The average molecular weight is 291 g/mol. The minimum absolute atomic E-state index is 0.164. The molecule has 0 bridgehead atoms. The first-order valence-corrected chi connectivity index (χ1v) is 5.95. The van der Waals surface area contributed by atoms with Crippen molar-refractivity contribution in [3.63, 3.8) is 0 Å². The Morgan fingerprint density at radius 1 is 1.10 bits per heavy atom. The number of pyridine rings is 1. The molecule has 1 aromatic carbocycles. The Kier molecular flexibility index (Phi) is 4.22. The van der Waals surface area contributed by atoms with Gasteiger partial charge < -0.3 is 10.6 Å². The largest absolute Gasteiger partial charge is 0.326 e. The second-order valence-corrected chi connectivity index (χ2v) is 4.19. The number of nitrogens with one attached hydrogen (secondary N) is 2. The SMILES string of the molecule is CC(=O)Nc1ccc(F)c(NC(=O)c2ccncc2F)c1. The van der Waals surface area contributed by atoms with Crippen LogP contribution in [0.25, 0.3) is 0 Å². The standard InChI is InChI=1S/C14H11F2N3O2/c1-8(20)18-9-2-3-11(15)13(6-9)19-14(21)10-4-5-17-7-12(10)16/h2-7H,1H3,(H,18,20)(H,19,21). The zero-order valence-electron chi connectivity index (χ0n) is 11.0. The predicted molar refractivity (Wildman–Crippen MR) is 72.9 cm³/mol. The van der Waals surface area contributed by atoms with Crippen LogP contribution in [0, 0.1) is 11.6 Å². The van der Waals surface area contributed by atoms with Gasteiger partial charge in [0.1, 0.15) is 5.82 Å². The maximum atomic E-state index is 13.7. The van der Waals surface area contributed by atoms with Crippen LogP contribution in [0.1, 0.15) is 17.3 Å². The fourth-order valence-electron chi connectivity index (χ4n) is 1.65. The molecule has 1 heterocycles. The molecular weight excluding hydrogens is 280 g/mol. The van der Waals surface area contributed by atoms with E-state index in [1.165, 1.54) is 31.3 Å². The van der Waals surface area contributed by atoms with Crippen molar-refractivity contribution < 1.29 is 18.4 Å². The summed E-state index contributed by atoms with van der Waals surface area (Å²) < 4.78 is 27.1. The van der Waals surface area contributed by atoms with E-state index < -0.39 is 17.5 Å². The highest BCUT2D eigenvalue weighted by Crippen LogP contribution is 2.20. The molecule has 7 heteroatoms. The Morgan fingerprint density at radius 3 is 2.52 bits per heavy atom. The molecule has 0 fully saturated rings. The number of nitrogens with zero attached hydrogens (tertiary/aromatic N) is 1. The molecule has 2 rings (SSSR count). The lowest BCUT2D eigenvalue weighted by molar-refractivity contribution is -0.114. The second kappa shape index (κ2) is 6.08. The van der Waals surface area contributed by atoms with Crippen molar-refractivity contribution in [3.8, 4) is 0 Å². The molecule has 0 saturated heterocycles. The van der Waals surface area contributed by atoms with Crippen molar-refractivity contribution in [1.29, 1.82) is 0 Å². The van der Waals surface area contributed by atoms with Crippen molar-refractivity contribution in [2.75, 3.05) is 10.6 Å². The minimum Gasteiger partial charge on any atom is -0.326 e.